The van der Waals surface area contributed by atoms with Crippen molar-refractivity contribution < 1.29 is 13.2 Å². The van der Waals surface area contributed by atoms with E-state index in [0.717, 1.165) is 11.3 Å². The fourth-order valence-electron chi connectivity index (χ4n) is 1.97. The molecule has 0 bridgehead atoms. The van der Waals surface area contributed by atoms with E-state index in [1.807, 2.05) is 6.92 Å². The summed E-state index contributed by atoms with van der Waals surface area (Å²) in [4.78, 5) is 0.0323. The van der Waals surface area contributed by atoms with Crippen molar-refractivity contribution in [3.8, 4) is 5.75 Å². The Balaban J connectivity index is 2.20. The monoisotopic (exact) mass is 310 g/mol. The Morgan fingerprint density at radius 3 is 2.67 bits per heavy atom. The fraction of sp³-hybridized carbons (Fsp3) is 0.308. The van der Waals surface area contributed by atoms with Gasteiger partial charge < -0.3 is 10.5 Å². The molecule has 0 unspecified atom stereocenters. The SMILES string of the molecule is COc1ccc(S(=O)(=O)NCc2cn(C)nc2C)c(N)c1. The van der Waals surface area contributed by atoms with E-state index >= 15 is 0 Å². The highest BCUT2D eigenvalue weighted by atomic mass is 32.2. The number of rotatable bonds is 5. The summed E-state index contributed by atoms with van der Waals surface area (Å²) < 4.78 is 33.7. The number of aromatic nitrogens is 2. The Morgan fingerprint density at radius 2 is 2.14 bits per heavy atom. The molecule has 21 heavy (non-hydrogen) atoms. The number of aryl methyl sites for hydroxylation is 2. The predicted octanol–water partition coefficient (Wildman–Crippen LogP) is 0.798. The number of hydrogen-bond donors (Lipinski definition) is 2. The zero-order valence-electron chi connectivity index (χ0n) is 12.1. The van der Waals surface area contributed by atoms with Crippen LogP contribution in [-0.2, 0) is 23.6 Å². The van der Waals surface area contributed by atoms with Crippen LogP contribution in [-0.4, -0.2) is 25.3 Å². The number of nitrogens with zero attached hydrogens (tertiary/aromatic N) is 2. The van der Waals surface area contributed by atoms with Crippen molar-refractivity contribution in [3.05, 3.63) is 35.7 Å². The van der Waals surface area contributed by atoms with E-state index in [1.165, 1.54) is 19.2 Å². The van der Waals surface area contributed by atoms with Crippen LogP contribution in [0.3, 0.4) is 0 Å². The molecule has 2 rings (SSSR count). The second kappa shape index (κ2) is 5.74. The van der Waals surface area contributed by atoms with Gasteiger partial charge >= 0.3 is 0 Å². The highest BCUT2D eigenvalue weighted by Gasteiger charge is 2.18. The van der Waals surface area contributed by atoms with Gasteiger partial charge in [-0.05, 0) is 19.1 Å². The quantitative estimate of drug-likeness (QED) is 0.796. The van der Waals surface area contributed by atoms with Crippen molar-refractivity contribution >= 4 is 15.7 Å². The second-order valence-electron chi connectivity index (χ2n) is 4.64. The van der Waals surface area contributed by atoms with E-state index < -0.39 is 10.0 Å². The lowest BCUT2D eigenvalue weighted by atomic mass is 10.3. The van der Waals surface area contributed by atoms with Crippen LogP contribution < -0.4 is 15.2 Å². The van der Waals surface area contributed by atoms with E-state index in [1.54, 1.807) is 24.0 Å². The zero-order chi connectivity index (χ0) is 15.6. The van der Waals surface area contributed by atoms with Gasteiger partial charge in [0.05, 0.1) is 18.5 Å². The van der Waals surface area contributed by atoms with Gasteiger partial charge in [-0.2, -0.15) is 5.10 Å². The first kappa shape index (κ1) is 15.3. The molecule has 1 aromatic carbocycles. The van der Waals surface area contributed by atoms with Gasteiger partial charge in [-0.15, -0.1) is 0 Å². The smallest absolute Gasteiger partial charge is 0.242 e. The largest absolute Gasteiger partial charge is 0.497 e. The molecule has 7 nitrogen and oxygen atoms in total. The lowest BCUT2D eigenvalue weighted by Crippen LogP contribution is -2.24. The number of ether oxygens (including phenoxy) is 1. The normalized spacial score (nSPS) is 11.6. The molecule has 0 aliphatic heterocycles. The first-order valence-corrected chi connectivity index (χ1v) is 7.74. The van der Waals surface area contributed by atoms with Crippen molar-refractivity contribution in [2.24, 2.45) is 7.05 Å². The molecule has 0 amide bonds. The number of benzene rings is 1. The lowest BCUT2D eigenvalue weighted by molar-refractivity contribution is 0.414. The Labute approximate surface area is 123 Å². The number of methoxy groups -OCH3 is 1. The third-order valence-electron chi connectivity index (χ3n) is 3.07. The molecule has 0 aliphatic rings. The van der Waals surface area contributed by atoms with Gasteiger partial charge in [-0.1, -0.05) is 0 Å². The van der Waals surface area contributed by atoms with Gasteiger partial charge in [0, 0.05) is 31.4 Å². The number of anilines is 1. The van der Waals surface area contributed by atoms with E-state index in [2.05, 4.69) is 9.82 Å². The van der Waals surface area contributed by atoms with Gasteiger partial charge in [0.2, 0.25) is 10.0 Å². The number of nitrogens with one attached hydrogen (secondary N) is 1. The van der Waals surface area contributed by atoms with E-state index in [0.29, 0.717) is 5.75 Å². The van der Waals surface area contributed by atoms with Gasteiger partial charge in [0.1, 0.15) is 10.6 Å². The first-order chi connectivity index (χ1) is 9.83. The lowest BCUT2D eigenvalue weighted by Gasteiger charge is -2.10. The van der Waals surface area contributed by atoms with Crippen LogP contribution in [0.25, 0.3) is 0 Å². The maximum atomic E-state index is 12.3. The third-order valence-corrected chi connectivity index (χ3v) is 4.55. The Kier molecular flexibility index (Phi) is 4.19. The molecule has 0 fully saturated rings. The standard InChI is InChI=1S/C13H18N4O3S/c1-9-10(8-17(2)16-9)7-15-21(18,19)13-5-4-11(20-3)6-12(13)14/h4-6,8,15H,7,14H2,1-3H3. The molecule has 0 radical (unpaired) electrons. The Hall–Kier alpha value is -2.06. The molecule has 0 aliphatic carbocycles. The predicted molar refractivity (Wildman–Crippen MR) is 79.4 cm³/mol. The zero-order valence-corrected chi connectivity index (χ0v) is 12.9. The molecule has 114 valence electrons. The third kappa shape index (κ3) is 3.34. The minimum atomic E-state index is -3.69. The second-order valence-corrected chi connectivity index (χ2v) is 6.38. The van der Waals surface area contributed by atoms with Crippen LogP contribution >= 0.6 is 0 Å². The molecule has 3 N–H and O–H groups in total. The van der Waals surface area contributed by atoms with Crippen molar-refractivity contribution in [3.63, 3.8) is 0 Å². The fourth-order valence-corrected chi connectivity index (χ4v) is 3.09. The maximum Gasteiger partial charge on any atom is 0.242 e. The van der Waals surface area contributed by atoms with Crippen LogP contribution in [0.2, 0.25) is 0 Å². The molecule has 1 aromatic heterocycles. The van der Waals surface area contributed by atoms with E-state index in [4.69, 9.17) is 10.5 Å². The van der Waals surface area contributed by atoms with E-state index in [-0.39, 0.29) is 17.1 Å². The van der Waals surface area contributed by atoms with Crippen molar-refractivity contribution in [1.29, 1.82) is 0 Å². The van der Waals surface area contributed by atoms with Crippen LogP contribution in [0.5, 0.6) is 5.75 Å². The number of sulfonamides is 1. The van der Waals surface area contributed by atoms with Crippen molar-refractivity contribution in [2.45, 2.75) is 18.4 Å². The molecule has 0 saturated carbocycles. The molecular formula is C13H18N4O3S. The highest BCUT2D eigenvalue weighted by molar-refractivity contribution is 7.89. The van der Waals surface area contributed by atoms with Gasteiger partial charge in [0.25, 0.3) is 0 Å². The molecule has 1 heterocycles. The summed E-state index contributed by atoms with van der Waals surface area (Å²) in [5.41, 5.74) is 7.51. The Morgan fingerprint density at radius 1 is 1.43 bits per heavy atom. The minimum absolute atomic E-state index is 0.0323. The average Bonchev–Trinajstić information content (AvgIpc) is 2.74. The summed E-state index contributed by atoms with van der Waals surface area (Å²) in [7, 11) is -0.413. The topological polar surface area (TPSA) is 99.2 Å². The molecular weight excluding hydrogens is 292 g/mol. The highest BCUT2D eigenvalue weighted by Crippen LogP contribution is 2.23. The summed E-state index contributed by atoms with van der Waals surface area (Å²) in [6.45, 7) is 1.98. The minimum Gasteiger partial charge on any atom is -0.497 e. The van der Waals surface area contributed by atoms with Gasteiger partial charge in [-0.3, -0.25) is 4.68 Å². The summed E-state index contributed by atoms with van der Waals surface area (Å²) >= 11 is 0. The number of nitrogens with two attached hydrogens (primary N) is 1. The number of nitrogen functional groups attached to an aromatic ring is 1. The van der Waals surface area contributed by atoms with Crippen molar-refractivity contribution in [2.75, 3.05) is 12.8 Å². The summed E-state index contributed by atoms with van der Waals surface area (Å²) in [6.07, 6.45) is 1.77. The van der Waals surface area contributed by atoms with Crippen molar-refractivity contribution in [1.82, 2.24) is 14.5 Å². The van der Waals surface area contributed by atoms with Crippen LogP contribution in [0.4, 0.5) is 5.69 Å². The van der Waals surface area contributed by atoms with Gasteiger partial charge in [-0.25, -0.2) is 13.1 Å². The molecule has 8 heteroatoms. The summed E-state index contributed by atoms with van der Waals surface area (Å²) in [5.74, 6) is 0.509. The van der Waals surface area contributed by atoms with Gasteiger partial charge in [0.15, 0.2) is 0 Å². The van der Waals surface area contributed by atoms with Crippen LogP contribution in [0.15, 0.2) is 29.3 Å². The van der Waals surface area contributed by atoms with Crippen LogP contribution in [0.1, 0.15) is 11.3 Å². The Bertz CT molecular complexity index is 753. The number of hydrogen-bond acceptors (Lipinski definition) is 5. The molecule has 2 aromatic rings. The first-order valence-electron chi connectivity index (χ1n) is 6.26. The van der Waals surface area contributed by atoms with Crippen LogP contribution in [0, 0.1) is 6.92 Å². The summed E-state index contributed by atoms with van der Waals surface area (Å²) in [5, 5.41) is 4.17. The van der Waals surface area contributed by atoms with E-state index in [9.17, 15) is 8.42 Å². The molecule has 0 atom stereocenters. The molecule has 0 spiro atoms. The molecule has 0 saturated heterocycles. The maximum absolute atomic E-state index is 12.3. The average molecular weight is 310 g/mol. The summed E-state index contributed by atoms with van der Waals surface area (Å²) in [6, 6.07) is 4.46.